The third-order valence-electron chi connectivity index (χ3n) is 1.22. The summed E-state index contributed by atoms with van der Waals surface area (Å²) in [6.07, 6.45) is -1.76. The lowest BCUT2D eigenvalue weighted by molar-refractivity contribution is -0.165. The number of esters is 1. The monoisotopic (exact) mass is 218 g/mol. The highest BCUT2D eigenvalue weighted by molar-refractivity contribution is 5.66. The molecule has 0 saturated heterocycles. The molecule has 0 bridgehead atoms. The molecule has 0 aliphatic carbocycles. The molecule has 0 aromatic heterocycles. The second-order valence-corrected chi connectivity index (χ2v) is 4.39. The molecule has 0 N–H and O–H groups in total. The van der Waals surface area contributed by atoms with Crippen molar-refractivity contribution in [1.29, 1.82) is 0 Å². The molecule has 0 rings (SSSR count). The molecule has 0 aliphatic rings. The second-order valence-electron chi connectivity index (χ2n) is 4.39. The second kappa shape index (κ2) is 5.58. The van der Waals surface area contributed by atoms with E-state index in [0.717, 1.165) is 0 Å². The zero-order valence-electron chi connectivity index (χ0n) is 9.83. The van der Waals surface area contributed by atoms with Crippen LogP contribution < -0.4 is 0 Å². The van der Waals surface area contributed by atoms with Gasteiger partial charge in [-0.1, -0.05) is 20.8 Å². The molecule has 0 aromatic carbocycles. The van der Waals surface area contributed by atoms with Gasteiger partial charge in [0.25, 0.3) is 0 Å². The number of rotatable bonds is 3. The van der Waals surface area contributed by atoms with E-state index in [0.29, 0.717) is 0 Å². The highest BCUT2D eigenvalue weighted by Crippen LogP contribution is 2.13. The molecule has 15 heavy (non-hydrogen) atoms. The zero-order chi connectivity index (χ0) is 12.1. The van der Waals surface area contributed by atoms with E-state index in [2.05, 4.69) is 9.47 Å². The number of hydrogen-bond acceptors (Lipinski definition) is 5. The maximum atomic E-state index is 11.0. The molecule has 0 amide bonds. The van der Waals surface area contributed by atoms with Crippen molar-refractivity contribution in [2.75, 3.05) is 6.61 Å². The van der Waals surface area contributed by atoms with Crippen LogP contribution in [0, 0.1) is 5.41 Å². The lowest BCUT2D eigenvalue weighted by atomic mass is 9.99. The van der Waals surface area contributed by atoms with Crippen LogP contribution in [0.5, 0.6) is 0 Å². The van der Waals surface area contributed by atoms with Gasteiger partial charge in [0.1, 0.15) is 0 Å². The number of hydrogen-bond donors (Lipinski definition) is 0. The van der Waals surface area contributed by atoms with Gasteiger partial charge in [0.05, 0.1) is 6.61 Å². The fraction of sp³-hybridized carbons (Fsp3) is 0.800. The van der Waals surface area contributed by atoms with Crippen molar-refractivity contribution in [3.05, 3.63) is 0 Å². The van der Waals surface area contributed by atoms with E-state index in [9.17, 15) is 9.59 Å². The quantitative estimate of drug-likeness (QED) is 0.536. The van der Waals surface area contributed by atoms with Gasteiger partial charge in [-0.2, -0.15) is 0 Å². The third-order valence-corrected chi connectivity index (χ3v) is 1.22. The van der Waals surface area contributed by atoms with Crippen LogP contribution in [0.3, 0.4) is 0 Å². The van der Waals surface area contributed by atoms with E-state index in [4.69, 9.17) is 4.74 Å². The average Bonchev–Trinajstić information content (AvgIpc) is 1.97. The van der Waals surface area contributed by atoms with Crippen LogP contribution in [0.4, 0.5) is 4.79 Å². The summed E-state index contributed by atoms with van der Waals surface area (Å²) in [7, 11) is 0. The molecule has 0 aromatic rings. The highest BCUT2D eigenvalue weighted by atomic mass is 16.8. The van der Waals surface area contributed by atoms with Crippen LogP contribution in [0.2, 0.25) is 0 Å². The largest absolute Gasteiger partial charge is 0.511 e. The Morgan fingerprint density at radius 3 is 2.13 bits per heavy atom. The fourth-order valence-corrected chi connectivity index (χ4v) is 0.703. The zero-order valence-corrected chi connectivity index (χ0v) is 9.83. The van der Waals surface area contributed by atoms with Crippen molar-refractivity contribution >= 4 is 12.1 Å². The average molecular weight is 218 g/mol. The van der Waals surface area contributed by atoms with E-state index in [-0.39, 0.29) is 12.0 Å². The van der Waals surface area contributed by atoms with Crippen molar-refractivity contribution in [1.82, 2.24) is 0 Å². The Morgan fingerprint density at radius 2 is 1.73 bits per heavy atom. The lowest BCUT2D eigenvalue weighted by Gasteiger charge is -2.18. The van der Waals surface area contributed by atoms with Gasteiger partial charge in [-0.3, -0.25) is 4.79 Å². The molecule has 5 nitrogen and oxygen atoms in total. The normalized spacial score (nSPS) is 12.9. The van der Waals surface area contributed by atoms with Crippen molar-refractivity contribution in [2.45, 2.75) is 40.9 Å². The first kappa shape index (κ1) is 13.7. The lowest BCUT2D eigenvalue weighted by Crippen LogP contribution is -2.24. The minimum absolute atomic E-state index is 0.121. The SMILES string of the molecule is CC(=O)OC(C)OC(=O)OCC(C)(C)C. The molecular weight excluding hydrogens is 200 g/mol. The van der Waals surface area contributed by atoms with E-state index < -0.39 is 18.4 Å². The van der Waals surface area contributed by atoms with Gasteiger partial charge in [-0.25, -0.2) is 4.79 Å². The van der Waals surface area contributed by atoms with Crippen LogP contribution in [0.25, 0.3) is 0 Å². The van der Waals surface area contributed by atoms with E-state index in [1.807, 2.05) is 20.8 Å². The smallest absolute Gasteiger partial charge is 0.434 e. The van der Waals surface area contributed by atoms with Crippen LogP contribution in [-0.4, -0.2) is 25.0 Å². The van der Waals surface area contributed by atoms with Crippen molar-refractivity contribution in [2.24, 2.45) is 5.41 Å². The topological polar surface area (TPSA) is 61.8 Å². The van der Waals surface area contributed by atoms with Crippen LogP contribution in [0.1, 0.15) is 34.6 Å². The molecule has 1 atom stereocenters. The Hall–Kier alpha value is -1.26. The highest BCUT2D eigenvalue weighted by Gasteiger charge is 2.17. The van der Waals surface area contributed by atoms with Gasteiger partial charge in [0.2, 0.25) is 6.29 Å². The fourth-order valence-electron chi connectivity index (χ4n) is 0.703. The van der Waals surface area contributed by atoms with Crippen molar-refractivity contribution < 1.29 is 23.8 Å². The Bertz CT molecular complexity index is 228. The summed E-state index contributed by atoms with van der Waals surface area (Å²) in [4.78, 5) is 21.5. The molecule has 0 fully saturated rings. The molecule has 1 unspecified atom stereocenters. The summed E-state index contributed by atoms with van der Waals surface area (Å²) in [6.45, 7) is 8.71. The summed E-state index contributed by atoms with van der Waals surface area (Å²) in [5, 5.41) is 0. The Kier molecular flexibility index (Phi) is 5.11. The molecule has 0 spiro atoms. The maximum absolute atomic E-state index is 11.0. The molecule has 0 radical (unpaired) electrons. The van der Waals surface area contributed by atoms with Gasteiger partial charge in [-0.15, -0.1) is 0 Å². The van der Waals surface area contributed by atoms with Gasteiger partial charge in [0, 0.05) is 13.8 Å². The van der Waals surface area contributed by atoms with Crippen molar-refractivity contribution in [3.63, 3.8) is 0 Å². The van der Waals surface area contributed by atoms with Crippen LogP contribution in [0.15, 0.2) is 0 Å². The van der Waals surface area contributed by atoms with Crippen molar-refractivity contribution in [3.8, 4) is 0 Å². The summed E-state index contributed by atoms with van der Waals surface area (Å²) in [6, 6.07) is 0. The number of ether oxygens (including phenoxy) is 3. The summed E-state index contributed by atoms with van der Waals surface area (Å²) < 4.78 is 14.0. The first-order valence-electron chi connectivity index (χ1n) is 4.71. The predicted molar refractivity (Wildman–Crippen MR) is 53.1 cm³/mol. The third kappa shape index (κ3) is 9.05. The Balaban J connectivity index is 3.79. The molecule has 0 aliphatic heterocycles. The first-order chi connectivity index (χ1) is 6.70. The number of carbonyl (C=O) groups is 2. The van der Waals surface area contributed by atoms with E-state index in [1.165, 1.54) is 13.8 Å². The first-order valence-corrected chi connectivity index (χ1v) is 4.71. The Labute approximate surface area is 89.7 Å². The summed E-state index contributed by atoms with van der Waals surface area (Å²) in [5.41, 5.74) is -0.121. The maximum Gasteiger partial charge on any atom is 0.511 e. The van der Waals surface area contributed by atoms with E-state index in [1.54, 1.807) is 0 Å². The van der Waals surface area contributed by atoms with Gasteiger partial charge in [-0.05, 0) is 5.41 Å². The minimum atomic E-state index is -0.921. The minimum Gasteiger partial charge on any atom is -0.434 e. The standard InChI is InChI=1S/C10H18O5/c1-7(11)14-8(2)15-9(12)13-6-10(3,4)5/h8H,6H2,1-5H3. The molecule has 5 heteroatoms. The molecular formula is C10H18O5. The van der Waals surface area contributed by atoms with E-state index >= 15 is 0 Å². The van der Waals surface area contributed by atoms with Crippen LogP contribution >= 0.6 is 0 Å². The predicted octanol–water partition coefficient (Wildman–Crippen LogP) is 2.09. The number of carbonyl (C=O) groups excluding carboxylic acids is 2. The van der Waals surface area contributed by atoms with Gasteiger partial charge < -0.3 is 14.2 Å². The molecule has 88 valence electrons. The molecule has 0 heterocycles. The summed E-state index contributed by atoms with van der Waals surface area (Å²) >= 11 is 0. The van der Waals surface area contributed by atoms with Gasteiger partial charge >= 0.3 is 12.1 Å². The summed E-state index contributed by atoms with van der Waals surface area (Å²) in [5.74, 6) is -0.508. The molecule has 0 saturated carbocycles. The van der Waals surface area contributed by atoms with Crippen LogP contribution in [-0.2, 0) is 19.0 Å². The van der Waals surface area contributed by atoms with Gasteiger partial charge in [0.15, 0.2) is 0 Å². The Morgan fingerprint density at radius 1 is 1.20 bits per heavy atom.